The maximum atomic E-state index is 6.09. The summed E-state index contributed by atoms with van der Waals surface area (Å²) in [6.07, 6.45) is 6.76. The van der Waals surface area contributed by atoms with Gasteiger partial charge in [-0.05, 0) is 36.3 Å². The lowest BCUT2D eigenvalue weighted by Gasteiger charge is -2.17. The van der Waals surface area contributed by atoms with Gasteiger partial charge in [-0.25, -0.2) is 4.98 Å². The van der Waals surface area contributed by atoms with E-state index in [0.717, 1.165) is 28.2 Å². The maximum absolute atomic E-state index is 6.09. The minimum atomic E-state index is 0.421. The van der Waals surface area contributed by atoms with Crippen molar-refractivity contribution in [2.45, 2.75) is 46.5 Å². The summed E-state index contributed by atoms with van der Waals surface area (Å²) in [6, 6.07) is 6.50. The van der Waals surface area contributed by atoms with Crippen LogP contribution in [-0.4, -0.2) is 14.8 Å². The molecule has 4 heteroatoms. The van der Waals surface area contributed by atoms with E-state index in [-0.39, 0.29) is 0 Å². The van der Waals surface area contributed by atoms with Gasteiger partial charge in [-0.2, -0.15) is 5.10 Å². The molecule has 2 heterocycles. The first kappa shape index (κ1) is 15.8. The highest BCUT2D eigenvalue weighted by Crippen LogP contribution is 2.28. The Morgan fingerprint density at radius 2 is 1.91 bits per heavy atom. The van der Waals surface area contributed by atoms with Crippen LogP contribution in [0.2, 0.25) is 0 Å². The fourth-order valence-corrected chi connectivity index (χ4v) is 3.07. The Balaban J connectivity index is 1.83. The summed E-state index contributed by atoms with van der Waals surface area (Å²) in [5.41, 5.74) is 9.72. The maximum Gasteiger partial charge on any atom is 0.135 e. The number of rotatable bonds is 4. The summed E-state index contributed by atoms with van der Waals surface area (Å²) >= 11 is 0. The van der Waals surface area contributed by atoms with Crippen molar-refractivity contribution in [2.75, 3.05) is 5.73 Å². The molecule has 0 saturated heterocycles. The number of aryl methyl sites for hydroxylation is 2. The molecule has 0 aliphatic heterocycles. The lowest BCUT2D eigenvalue weighted by molar-refractivity contribution is 0.360. The van der Waals surface area contributed by atoms with Crippen molar-refractivity contribution in [2.24, 2.45) is 12.5 Å². The highest BCUT2D eigenvalue weighted by molar-refractivity contribution is 6.07. The zero-order chi connectivity index (χ0) is 16.6. The number of pyridine rings is 1. The van der Waals surface area contributed by atoms with Crippen LogP contribution in [0.4, 0.5) is 5.82 Å². The van der Waals surface area contributed by atoms with Gasteiger partial charge in [0.1, 0.15) is 11.3 Å². The van der Waals surface area contributed by atoms with E-state index >= 15 is 0 Å². The normalized spacial score (nSPS) is 12.3. The number of anilines is 1. The zero-order valence-electron chi connectivity index (χ0n) is 14.6. The molecule has 4 nitrogen and oxygen atoms in total. The first-order chi connectivity index (χ1) is 10.8. The average Bonchev–Trinajstić information content (AvgIpc) is 2.85. The summed E-state index contributed by atoms with van der Waals surface area (Å²) in [5.74, 6) is 0.561. The van der Waals surface area contributed by atoms with Crippen LogP contribution in [0.15, 0.2) is 24.4 Å². The predicted octanol–water partition coefficient (Wildman–Crippen LogP) is 4.46. The minimum absolute atomic E-state index is 0.421. The molecule has 3 aromatic rings. The Bertz CT molecular complexity index is 840. The monoisotopic (exact) mass is 310 g/mol. The fourth-order valence-electron chi connectivity index (χ4n) is 3.07. The van der Waals surface area contributed by atoms with E-state index in [2.05, 4.69) is 49.1 Å². The molecule has 0 unspecified atom stereocenters. The van der Waals surface area contributed by atoms with E-state index in [4.69, 9.17) is 5.73 Å². The molecule has 0 amide bonds. The smallest absolute Gasteiger partial charge is 0.135 e. The second kappa shape index (κ2) is 5.84. The number of aromatic nitrogens is 3. The van der Waals surface area contributed by atoms with Gasteiger partial charge in [0.05, 0.1) is 10.9 Å². The Kier molecular flexibility index (Phi) is 4.00. The van der Waals surface area contributed by atoms with E-state index in [1.165, 1.54) is 24.8 Å². The van der Waals surface area contributed by atoms with Crippen molar-refractivity contribution in [1.29, 1.82) is 0 Å². The first-order valence-electron chi connectivity index (χ1n) is 8.35. The summed E-state index contributed by atoms with van der Waals surface area (Å²) < 4.78 is 1.79. The van der Waals surface area contributed by atoms with E-state index in [1.807, 2.05) is 13.2 Å². The molecule has 0 radical (unpaired) electrons. The number of nitrogens with zero attached hydrogens (tertiary/aromatic N) is 3. The molecule has 0 aliphatic rings. The Morgan fingerprint density at radius 1 is 1.13 bits per heavy atom. The Hall–Kier alpha value is -2.10. The number of unbranched alkanes of at least 4 members (excludes halogenated alkanes) is 1. The Morgan fingerprint density at radius 3 is 2.65 bits per heavy atom. The van der Waals surface area contributed by atoms with Crippen molar-refractivity contribution in [1.82, 2.24) is 14.8 Å². The number of fused-ring (bicyclic) bond motifs is 3. The van der Waals surface area contributed by atoms with Gasteiger partial charge in [-0.1, -0.05) is 39.3 Å². The molecule has 3 rings (SSSR count). The Labute approximate surface area is 137 Å². The van der Waals surface area contributed by atoms with Gasteiger partial charge in [0.2, 0.25) is 0 Å². The molecular weight excluding hydrogens is 284 g/mol. The molecule has 2 aromatic heterocycles. The molecule has 122 valence electrons. The molecule has 0 atom stereocenters. The molecule has 0 aliphatic carbocycles. The minimum Gasteiger partial charge on any atom is -0.383 e. The summed E-state index contributed by atoms with van der Waals surface area (Å²) in [7, 11) is 1.91. The van der Waals surface area contributed by atoms with Gasteiger partial charge >= 0.3 is 0 Å². The van der Waals surface area contributed by atoms with Crippen LogP contribution in [0, 0.1) is 5.41 Å². The molecule has 0 spiro atoms. The van der Waals surface area contributed by atoms with Crippen LogP contribution < -0.4 is 5.73 Å². The molecule has 23 heavy (non-hydrogen) atoms. The van der Waals surface area contributed by atoms with Gasteiger partial charge < -0.3 is 5.73 Å². The van der Waals surface area contributed by atoms with Crippen molar-refractivity contribution in [3.8, 4) is 0 Å². The van der Waals surface area contributed by atoms with Gasteiger partial charge in [0, 0.05) is 18.6 Å². The molecular formula is C19H26N4. The predicted molar refractivity (Wildman–Crippen MR) is 97.4 cm³/mol. The third-order valence-corrected chi connectivity index (χ3v) is 4.31. The second-order valence-electron chi connectivity index (χ2n) is 7.68. The largest absolute Gasteiger partial charge is 0.383 e. The van der Waals surface area contributed by atoms with Gasteiger partial charge in [-0.15, -0.1) is 0 Å². The molecule has 0 fully saturated rings. The number of hydrogen-bond acceptors (Lipinski definition) is 3. The average molecular weight is 310 g/mol. The summed E-state index contributed by atoms with van der Waals surface area (Å²) in [5, 5.41) is 6.54. The third kappa shape index (κ3) is 3.46. The standard InChI is InChI=1S/C19H26N4/c1-19(2,3)10-6-5-7-13-8-9-14-16(11-13)21-18(20)15-12-23(4)22-17(14)15/h8-9,11-12H,5-7,10H2,1-4H3,(H2,20,21). The van der Waals surface area contributed by atoms with Crippen molar-refractivity contribution < 1.29 is 0 Å². The van der Waals surface area contributed by atoms with Crippen molar-refractivity contribution in [3.05, 3.63) is 30.0 Å². The zero-order valence-corrected chi connectivity index (χ0v) is 14.6. The van der Waals surface area contributed by atoms with Crippen LogP contribution in [-0.2, 0) is 13.5 Å². The van der Waals surface area contributed by atoms with Crippen LogP contribution in [0.5, 0.6) is 0 Å². The van der Waals surface area contributed by atoms with Gasteiger partial charge in [0.25, 0.3) is 0 Å². The van der Waals surface area contributed by atoms with Gasteiger partial charge in [-0.3, -0.25) is 4.68 Å². The van der Waals surface area contributed by atoms with Crippen LogP contribution in [0.25, 0.3) is 21.8 Å². The second-order valence-corrected chi connectivity index (χ2v) is 7.68. The van der Waals surface area contributed by atoms with Crippen LogP contribution in [0.1, 0.15) is 45.6 Å². The van der Waals surface area contributed by atoms with Crippen LogP contribution in [0.3, 0.4) is 0 Å². The number of benzene rings is 1. The fraction of sp³-hybridized carbons (Fsp3) is 0.474. The number of hydrogen-bond donors (Lipinski definition) is 1. The lowest BCUT2D eigenvalue weighted by Crippen LogP contribution is -2.04. The summed E-state index contributed by atoms with van der Waals surface area (Å²) in [4.78, 5) is 4.57. The van der Waals surface area contributed by atoms with Gasteiger partial charge in [0.15, 0.2) is 0 Å². The van der Waals surface area contributed by atoms with Crippen molar-refractivity contribution >= 4 is 27.6 Å². The van der Waals surface area contributed by atoms with Crippen LogP contribution >= 0.6 is 0 Å². The van der Waals surface area contributed by atoms with E-state index < -0.39 is 0 Å². The lowest BCUT2D eigenvalue weighted by atomic mass is 9.89. The number of nitrogen functional groups attached to an aromatic ring is 1. The third-order valence-electron chi connectivity index (χ3n) is 4.31. The SMILES string of the molecule is Cn1cc2c(N)nc3cc(CCCCC(C)(C)C)ccc3c2n1. The molecule has 0 bridgehead atoms. The number of nitrogens with two attached hydrogens (primary N) is 1. The first-order valence-corrected chi connectivity index (χ1v) is 8.35. The summed E-state index contributed by atoms with van der Waals surface area (Å²) in [6.45, 7) is 6.90. The molecule has 0 saturated carbocycles. The van der Waals surface area contributed by atoms with E-state index in [0.29, 0.717) is 11.2 Å². The van der Waals surface area contributed by atoms with E-state index in [1.54, 1.807) is 4.68 Å². The van der Waals surface area contributed by atoms with E-state index in [9.17, 15) is 0 Å². The molecule has 1 aromatic carbocycles. The highest BCUT2D eigenvalue weighted by atomic mass is 15.2. The van der Waals surface area contributed by atoms with Crippen molar-refractivity contribution in [3.63, 3.8) is 0 Å². The quantitative estimate of drug-likeness (QED) is 0.724. The topological polar surface area (TPSA) is 56.7 Å². The highest BCUT2D eigenvalue weighted by Gasteiger charge is 2.11. The molecule has 2 N–H and O–H groups in total.